The minimum atomic E-state index is -0.616. The normalized spacial score (nSPS) is 16.4. The van der Waals surface area contributed by atoms with Crippen LogP contribution in [0.4, 0.5) is 10.1 Å². The molecule has 0 aliphatic carbocycles. The fourth-order valence-corrected chi connectivity index (χ4v) is 3.29. The fourth-order valence-electron chi connectivity index (χ4n) is 3.29. The Labute approximate surface area is 153 Å². The molecule has 0 amide bonds. The predicted octanol–water partition coefficient (Wildman–Crippen LogP) is 2.70. The van der Waals surface area contributed by atoms with Gasteiger partial charge >= 0.3 is 0 Å². The summed E-state index contributed by atoms with van der Waals surface area (Å²) < 4.78 is 24.4. The molecule has 6 heteroatoms. The molecular formula is C20H25FN2O3. The van der Waals surface area contributed by atoms with Crippen LogP contribution in [0.2, 0.25) is 0 Å². The molecule has 0 bridgehead atoms. The van der Waals surface area contributed by atoms with Crippen molar-refractivity contribution in [3.63, 3.8) is 0 Å². The van der Waals surface area contributed by atoms with E-state index in [2.05, 4.69) is 9.80 Å². The highest BCUT2D eigenvalue weighted by molar-refractivity contribution is 5.48. The van der Waals surface area contributed by atoms with Crippen LogP contribution in [0.15, 0.2) is 42.5 Å². The number of ether oxygens (including phenoxy) is 2. The van der Waals surface area contributed by atoms with Crippen LogP contribution in [0.25, 0.3) is 0 Å². The van der Waals surface area contributed by atoms with Gasteiger partial charge in [0.15, 0.2) is 11.5 Å². The van der Waals surface area contributed by atoms with Crippen LogP contribution in [0.5, 0.6) is 11.5 Å². The maximum Gasteiger partial charge on any atom is 0.161 e. The summed E-state index contributed by atoms with van der Waals surface area (Å²) in [6.07, 6.45) is -0.616. The number of nitrogens with zero attached hydrogens (tertiary/aromatic N) is 2. The van der Waals surface area contributed by atoms with Crippen LogP contribution < -0.4 is 14.4 Å². The summed E-state index contributed by atoms with van der Waals surface area (Å²) in [5.74, 6) is 1.06. The number of piperazine rings is 1. The maximum atomic E-state index is 13.9. The van der Waals surface area contributed by atoms with E-state index in [4.69, 9.17) is 9.47 Å². The average molecular weight is 360 g/mol. The molecule has 1 saturated heterocycles. The molecule has 1 aliphatic rings. The highest BCUT2D eigenvalue weighted by atomic mass is 19.1. The number of benzene rings is 2. The second-order valence-electron chi connectivity index (χ2n) is 6.37. The average Bonchev–Trinajstić information content (AvgIpc) is 2.68. The Hall–Kier alpha value is -2.31. The number of hydrogen-bond acceptors (Lipinski definition) is 5. The molecule has 1 heterocycles. The number of anilines is 1. The molecule has 140 valence electrons. The van der Waals surface area contributed by atoms with Crippen LogP contribution in [0.3, 0.4) is 0 Å². The zero-order valence-electron chi connectivity index (χ0n) is 15.2. The summed E-state index contributed by atoms with van der Waals surface area (Å²) in [7, 11) is 3.17. The third kappa shape index (κ3) is 4.08. The van der Waals surface area contributed by atoms with Crippen LogP contribution in [-0.2, 0) is 0 Å². The summed E-state index contributed by atoms with van der Waals surface area (Å²) in [5.41, 5.74) is 1.44. The quantitative estimate of drug-likeness (QED) is 0.858. The number of β-amino-alcohol motifs (C(OH)–C–C–N with tert-alkyl or cyclic N) is 1. The summed E-state index contributed by atoms with van der Waals surface area (Å²) in [5, 5.41) is 10.6. The molecule has 0 saturated carbocycles. The van der Waals surface area contributed by atoms with Crippen LogP contribution in [0.1, 0.15) is 11.7 Å². The fraction of sp³-hybridized carbons (Fsp3) is 0.400. The molecule has 1 fully saturated rings. The van der Waals surface area contributed by atoms with Gasteiger partial charge < -0.3 is 19.5 Å². The maximum absolute atomic E-state index is 13.9. The molecule has 3 rings (SSSR count). The topological polar surface area (TPSA) is 45.2 Å². The molecule has 26 heavy (non-hydrogen) atoms. The van der Waals surface area contributed by atoms with Crippen molar-refractivity contribution in [2.24, 2.45) is 0 Å². The SMILES string of the molecule is COc1ccc(C(O)CN2CCN(c3ccccc3F)CC2)cc1OC. The van der Waals surface area contributed by atoms with Gasteiger partial charge in [0.2, 0.25) is 0 Å². The summed E-state index contributed by atoms with van der Waals surface area (Å²) in [4.78, 5) is 4.24. The second kappa shape index (κ2) is 8.38. The van der Waals surface area contributed by atoms with E-state index in [1.54, 1.807) is 32.4 Å². The van der Waals surface area contributed by atoms with Gasteiger partial charge in [-0.05, 0) is 29.8 Å². The van der Waals surface area contributed by atoms with Crippen LogP contribution in [0, 0.1) is 5.82 Å². The monoisotopic (exact) mass is 360 g/mol. The molecule has 0 aromatic heterocycles. The molecule has 1 N–H and O–H groups in total. The Kier molecular flexibility index (Phi) is 5.96. The Bertz CT molecular complexity index is 733. The van der Waals surface area contributed by atoms with Gasteiger partial charge in [0.25, 0.3) is 0 Å². The van der Waals surface area contributed by atoms with E-state index in [1.165, 1.54) is 6.07 Å². The lowest BCUT2D eigenvalue weighted by Gasteiger charge is -2.37. The molecule has 1 aliphatic heterocycles. The number of rotatable bonds is 6. The van der Waals surface area contributed by atoms with Gasteiger partial charge in [-0.3, -0.25) is 4.90 Å². The van der Waals surface area contributed by atoms with Crippen molar-refractivity contribution < 1.29 is 19.0 Å². The van der Waals surface area contributed by atoms with Crippen molar-refractivity contribution in [2.75, 3.05) is 51.8 Å². The Balaban J connectivity index is 1.58. The van der Waals surface area contributed by atoms with Gasteiger partial charge in [0.05, 0.1) is 26.0 Å². The number of methoxy groups -OCH3 is 2. The Morgan fingerprint density at radius 1 is 1.00 bits per heavy atom. The number of hydrogen-bond donors (Lipinski definition) is 1. The highest BCUT2D eigenvalue weighted by Crippen LogP contribution is 2.30. The van der Waals surface area contributed by atoms with E-state index in [0.717, 1.165) is 31.7 Å². The van der Waals surface area contributed by atoms with E-state index >= 15 is 0 Å². The van der Waals surface area contributed by atoms with E-state index in [1.807, 2.05) is 18.2 Å². The number of aliphatic hydroxyl groups is 1. The van der Waals surface area contributed by atoms with Crippen molar-refractivity contribution in [2.45, 2.75) is 6.10 Å². The van der Waals surface area contributed by atoms with Crippen molar-refractivity contribution >= 4 is 5.69 Å². The Morgan fingerprint density at radius 3 is 2.35 bits per heavy atom. The first-order valence-corrected chi connectivity index (χ1v) is 8.74. The number of para-hydroxylation sites is 1. The van der Waals surface area contributed by atoms with Crippen molar-refractivity contribution in [1.82, 2.24) is 4.90 Å². The second-order valence-corrected chi connectivity index (χ2v) is 6.37. The highest BCUT2D eigenvalue weighted by Gasteiger charge is 2.22. The Morgan fingerprint density at radius 2 is 1.69 bits per heavy atom. The van der Waals surface area contributed by atoms with E-state index in [9.17, 15) is 9.50 Å². The van der Waals surface area contributed by atoms with E-state index < -0.39 is 6.10 Å². The lowest BCUT2D eigenvalue weighted by molar-refractivity contribution is 0.109. The van der Waals surface area contributed by atoms with E-state index in [0.29, 0.717) is 23.7 Å². The lowest BCUT2D eigenvalue weighted by Crippen LogP contribution is -2.47. The van der Waals surface area contributed by atoms with Crippen molar-refractivity contribution in [3.8, 4) is 11.5 Å². The smallest absolute Gasteiger partial charge is 0.161 e. The number of halogens is 1. The largest absolute Gasteiger partial charge is 0.493 e. The third-order valence-corrected chi connectivity index (χ3v) is 4.79. The van der Waals surface area contributed by atoms with Crippen molar-refractivity contribution in [3.05, 3.63) is 53.8 Å². The third-order valence-electron chi connectivity index (χ3n) is 4.79. The van der Waals surface area contributed by atoms with Gasteiger partial charge in [0, 0.05) is 32.7 Å². The van der Waals surface area contributed by atoms with Gasteiger partial charge in [-0.15, -0.1) is 0 Å². The first-order chi connectivity index (χ1) is 12.6. The van der Waals surface area contributed by atoms with Gasteiger partial charge in [0.1, 0.15) is 5.82 Å². The minimum absolute atomic E-state index is 0.189. The first-order valence-electron chi connectivity index (χ1n) is 8.74. The van der Waals surface area contributed by atoms with Gasteiger partial charge in [-0.25, -0.2) is 4.39 Å². The van der Waals surface area contributed by atoms with Crippen molar-refractivity contribution in [1.29, 1.82) is 0 Å². The number of aliphatic hydroxyl groups excluding tert-OH is 1. The molecule has 2 aromatic carbocycles. The minimum Gasteiger partial charge on any atom is -0.493 e. The molecule has 2 aromatic rings. The lowest BCUT2D eigenvalue weighted by atomic mass is 10.1. The standard InChI is InChI=1S/C20H25FN2O3/c1-25-19-8-7-15(13-20(19)26-2)18(24)14-22-9-11-23(12-10-22)17-6-4-3-5-16(17)21/h3-8,13,18,24H,9-12,14H2,1-2H3. The predicted molar refractivity (Wildman–Crippen MR) is 99.6 cm³/mol. The molecule has 0 spiro atoms. The molecule has 0 radical (unpaired) electrons. The van der Waals surface area contributed by atoms with Crippen LogP contribution >= 0.6 is 0 Å². The zero-order valence-corrected chi connectivity index (χ0v) is 15.2. The molecular weight excluding hydrogens is 335 g/mol. The molecule has 1 unspecified atom stereocenters. The summed E-state index contributed by atoms with van der Waals surface area (Å²) >= 11 is 0. The zero-order chi connectivity index (χ0) is 18.5. The molecule has 5 nitrogen and oxygen atoms in total. The van der Waals surface area contributed by atoms with Gasteiger partial charge in [-0.2, -0.15) is 0 Å². The first kappa shape index (κ1) is 18.5. The van der Waals surface area contributed by atoms with E-state index in [-0.39, 0.29) is 5.82 Å². The summed E-state index contributed by atoms with van der Waals surface area (Å²) in [6, 6.07) is 12.3. The van der Waals surface area contributed by atoms with Crippen LogP contribution in [-0.4, -0.2) is 56.9 Å². The summed E-state index contributed by atoms with van der Waals surface area (Å²) in [6.45, 7) is 3.55. The van der Waals surface area contributed by atoms with Gasteiger partial charge in [-0.1, -0.05) is 18.2 Å². The molecule has 1 atom stereocenters.